The summed E-state index contributed by atoms with van der Waals surface area (Å²) in [5.41, 5.74) is 2.00. The molecule has 0 aliphatic heterocycles. The zero-order chi connectivity index (χ0) is 20.0. The van der Waals surface area contributed by atoms with Crippen LogP contribution in [0.2, 0.25) is 0 Å². The first-order chi connectivity index (χ1) is 12.6. The van der Waals surface area contributed by atoms with E-state index < -0.39 is 12.6 Å². The molecule has 2 rings (SSSR count). The van der Waals surface area contributed by atoms with Crippen LogP contribution in [-0.4, -0.2) is 29.2 Å². The van der Waals surface area contributed by atoms with E-state index in [4.69, 9.17) is 14.6 Å². The van der Waals surface area contributed by atoms with Crippen molar-refractivity contribution in [2.24, 2.45) is 0 Å². The molecule has 0 spiro atoms. The van der Waals surface area contributed by atoms with Gasteiger partial charge >= 0.3 is 5.97 Å². The van der Waals surface area contributed by atoms with Gasteiger partial charge in [-0.25, -0.2) is 4.79 Å². The first-order valence-corrected chi connectivity index (χ1v) is 8.65. The van der Waals surface area contributed by atoms with Gasteiger partial charge in [0.25, 0.3) is 5.91 Å². The van der Waals surface area contributed by atoms with Crippen molar-refractivity contribution in [2.45, 2.75) is 39.8 Å². The van der Waals surface area contributed by atoms with E-state index >= 15 is 0 Å². The van der Waals surface area contributed by atoms with Crippen LogP contribution < -0.4 is 14.8 Å². The summed E-state index contributed by atoms with van der Waals surface area (Å²) in [5.74, 6) is -0.285. The number of carbonyl (C=O) groups is 2. The molecule has 0 bridgehead atoms. The van der Waals surface area contributed by atoms with Crippen LogP contribution in [0.15, 0.2) is 42.5 Å². The van der Waals surface area contributed by atoms with Crippen molar-refractivity contribution in [2.75, 3.05) is 6.61 Å². The van der Waals surface area contributed by atoms with E-state index in [0.717, 1.165) is 16.9 Å². The fourth-order valence-electron chi connectivity index (χ4n) is 2.38. The molecule has 0 saturated carbocycles. The predicted molar refractivity (Wildman–Crippen MR) is 102 cm³/mol. The van der Waals surface area contributed by atoms with Crippen LogP contribution in [0, 0.1) is 6.92 Å². The van der Waals surface area contributed by atoms with E-state index in [2.05, 4.69) is 5.32 Å². The van der Waals surface area contributed by atoms with Crippen molar-refractivity contribution in [3.63, 3.8) is 0 Å². The largest absolute Gasteiger partial charge is 0.488 e. The molecule has 2 N–H and O–H groups in total. The molecule has 0 atom stereocenters. The zero-order valence-electron chi connectivity index (χ0n) is 16.0. The topological polar surface area (TPSA) is 84.9 Å². The van der Waals surface area contributed by atoms with Gasteiger partial charge < -0.3 is 19.9 Å². The number of carboxylic acids is 1. The Hall–Kier alpha value is -3.02. The number of rotatable bonds is 7. The van der Waals surface area contributed by atoms with Crippen LogP contribution >= 0.6 is 0 Å². The fraction of sp³-hybridized carbons (Fsp3) is 0.333. The quantitative estimate of drug-likeness (QED) is 0.777. The molecule has 0 unspecified atom stereocenters. The molecular weight excluding hydrogens is 346 g/mol. The first kappa shape index (κ1) is 20.3. The summed E-state index contributed by atoms with van der Waals surface area (Å²) < 4.78 is 11.1. The normalized spacial score (nSPS) is 11.0. The number of hydrogen-bond donors (Lipinski definition) is 2. The van der Waals surface area contributed by atoms with Crippen LogP contribution in [0.5, 0.6) is 11.5 Å². The highest BCUT2D eigenvalue weighted by Crippen LogP contribution is 2.25. The molecular formula is C21H25NO5. The summed E-state index contributed by atoms with van der Waals surface area (Å²) in [6, 6.07) is 12.3. The molecule has 144 valence electrons. The minimum atomic E-state index is -1.07. The van der Waals surface area contributed by atoms with Gasteiger partial charge in [-0.3, -0.25) is 4.79 Å². The summed E-state index contributed by atoms with van der Waals surface area (Å²) in [6.07, 6.45) is 0. The fourth-order valence-corrected chi connectivity index (χ4v) is 2.38. The van der Waals surface area contributed by atoms with Crippen molar-refractivity contribution in [3.05, 3.63) is 59.2 Å². The number of carbonyl (C=O) groups excluding carboxylic acids is 1. The molecule has 0 radical (unpaired) electrons. The molecule has 0 aromatic heterocycles. The number of amides is 1. The van der Waals surface area contributed by atoms with Gasteiger partial charge in [-0.2, -0.15) is 0 Å². The number of aliphatic carboxylic acids is 1. The molecule has 6 heteroatoms. The maximum atomic E-state index is 12.4. The van der Waals surface area contributed by atoms with Crippen LogP contribution in [0.3, 0.4) is 0 Å². The van der Waals surface area contributed by atoms with Gasteiger partial charge in [0.1, 0.15) is 17.1 Å². The first-order valence-electron chi connectivity index (χ1n) is 8.65. The molecule has 0 saturated heterocycles. The Morgan fingerprint density at radius 3 is 2.52 bits per heavy atom. The molecule has 2 aromatic rings. The molecule has 2 aromatic carbocycles. The average Bonchev–Trinajstić information content (AvgIpc) is 2.58. The second kappa shape index (κ2) is 8.58. The second-order valence-corrected chi connectivity index (χ2v) is 7.22. The standard InChI is InChI=1S/C21H25NO5/c1-14-8-9-16(18(10-14)27-21(2,3)4)12-22-20(25)15-6-5-7-17(11-15)26-13-19(23)24/h5-11H,12-13H2,1-4H3,(H,22,25)(H,23,24). The smallest absolute Gasteiger partial charge is 0.341 e. The van der Waals surface area contributed by atoms with Gasteiger partial charge in [-0.05, 0) is 57.5 Å². The Bertz CT molecular complexity index is 824. The van der Waals surface area contributed by atoms with E-state index in [1.165, 1.54) is 6.07 Å². The molecule has 27 heavy (non-hydrogen) atoms. The minimum absolute atomic E-state index is 0.280. The third-order valence-corrected chi connectivity index (χ3v) is 3.54. The maximum absolute atomic E-state index is 12.4. The van der Waals surface area contributed by atoms with Crippen molar-refractivity contribution >= 4 is 11.9 Å². The number of nitrogens with one attached hydrogen (secondary N) is 1. The second-order valence-electron chi connectivity index (χ2n) is 7.22. The Labute approximate surface area is 159 Å². The number of hydrogen-bond acceptors (Lipinski definition) is 4. The molecule has 0 aliphatic rings. The van der Waals surface area contributed by atoms with E-state index in [9.17, 15) is 9.59 Å². The predicted octanol–water partition coefficient (Wildman–Crippen LogP) is 3.57. The van der Waals surface area contributed by atoms with Gasteiger partial charge in [0, 0.05) is 17.7 Å². The van der Waals surface area contributed by atoms with Crippen LogP contribution in [0.25, 0.3) is 0 Å². The summed E-state index contributed by atoms with van der Waals surface area (Å²) in [6.45, 7) is 7.76. The highest BCUT2D eigenvalue weighted by Gasteiger charge is 2.16. The van der Waals surface area contributed by atoms with Gasteiger partial charge in [-0.1, -0.05) is 18.2 Å². The van der Waals surface area contributed by atoms with Gasteiger partial charge in [0.2, 0.25) is 0 Å². The van der Waals surface area contributed by atoms with Gasteiger partial charge in [0.05, 0.1) is 0 Å². The molecule has 1 amide bonds. The zero-order valence-corrected chi connectivity index (χ0v) is 16.0. The van der Waals surface area contributed by atoms with Crippen LogP contribution in [-0.2, 0) is 11.3 Å². The summed E-state index contributed by atoms with van der Waals surface area (Å²) in [4.78, 5) is 23.0. The highest BCUT2D eigenvalue weighted by atomic mass is 16.5. The third-order valence-electron chi connectivity index (χ3n) is 3.54. The average molecular weight is 371 g/mol. The molecule has 0 heterocycles. The lowest BCUT2D eigenvalue weighted by Crippen LogP contribution is -2.26. The third kappa shape index (κ3) is 6.66. The SMILES string of the molecule is Cc1ccc(CNC(=O)c2cccc(OCC(=O)O)c2)c(OC(C)(C)C)c1. The summed E-state index contributed by atoms with van der Waals surface area (Å²) in [5, 5.41) is 11.5. The maximum Gasteiger partial charge on any atom is 0.341 e. The lowest BCUT2D eigenvalue weighted by atomic mass is 10.1. The number of carboxylic acid groups (broad SMARTS) is 1. The number of benzene rings is 2. The Morgan fingerprint density at radius 1 is 1.11 bits per heavy atom. The van der Waals surface area contributed by atoms with Gasteiger partial charge in [-0.15, -0.1) is 0 Å². The molecule has 0 aliphatic carbocycles. The number of aryl methyl sites for hydroxylation is 1. The monoisotopic (exact) mass is 371 g/mol. The van der Waals surface area contributed by atoms with Crippen molar-refractivity contribution in [3.8, 4) is 11.5 Å². The van der Waals surface area contributed by atoms with Crippen molar-refractivity contribution < 1.29 is 24.2 Å². The summed E-state index contributed by atoms with van der Waals surface area (Å²) in [7, 11) is 0. The van der Waals surface area contributed by atoms with Crippen LogP contribution in [0.1, 0.15) is 42.3 Å². The molecule has 6 nitrogen and oxygen atoms in total. The Balaban J connectivity index is 2.07. The lowest BCUT2D eigenvalue weighted by Gasteiger charge is -2.24. The lowest BCUT2D eigenvalue weighted by molar-refractivity contribution is -0.139. The summed E-state index contributed by atoms with van der Waals surface area (Å²) >= 11 is 0. The van der Waals surface area contributed by atoms with E-state index in [0.29, 0.717) is 17.9 Å². The minimum Gasteiger partial charge on any atom is -0.488 e. The highest BCUT2D eigenvalue weighted by molar-refractivity contribution is 5.94. The Morgan fingerprint density at radius 2 is 1.85 bits per heavy atom. The van der Waals surface area contributed by atoms with E-state index in [1.807, 2.05) is 45.9 Å². The van der Waals surface area contributed by atoms with Crippen molar-refractivity contribution in [1.29, 1.82) is 0 Å². The van der Waals surface area contributed by atoms with Crippen molar-refractivity contribution in [1.82, 2.24) is 5.32 Å². The van der Waals surface area contributed by atoms with E-state index in [1.54, 1.807) is 18.2 Å². The Kier molecular flexibility index (Phi) is 6.45. The number of ether oxygens (including phenoxy) is 2. The van der Waals surface area contributed by atoms with E-state index in [-0.39, 0.29) is 11.5 Å². The van der Waals surface area contributed by atoms with Crippen LogP contribution in [0.4, 0.5) is 0 Å². The molecule has 0 fully saturated rings. The van der Waals surface area contributed by atoms with Gasteiger partial charge in [0.15, 0.2) is 6.61 Å².